The summed E-state index contributed by atoms with van der Waals surface area (Å²) in [6, 6.07) is 9.73. The van der Waals surface area contributed by atoms with Gasteiger partial charge in [0, 0.05) is 12.3 Å². The lowest BCUT2D eigenvalue weighted by atomic mass is 10.3. The number of rotatable bonds is 5. The van der Waals surface area contributed by atoms with Gasteiger partial charge in [-0.15, -0.1) is 0 Å². The van der Waals surface area contributed by atoms with Gasteiger partial charge in [-0.1, -0.05) is 23.7 Å². The summed E-state index contributed by atoms with van der Waals surface area (Å²) < 4.78 is 41.5. The second-order valence-electron chi connectivity index (χ2n) is 4.68. The molecule has 0 saturated carbocycles. The first kappa shape index (κ1) is 17.2. The molecule has 0 aliphatic rings. The highest BCUT2D eigenvalue weighted by atomic mass is 35.5. The van der Waals surface area contributed by atoms with E-state index >= 15 is 0 Å². The van der Waals surface area contributed by atoms with Crippen molar-refractivity contribution in [2.45, 2.75) is 4.90 Å². The molecule has 2 aromatic carbocycles. The van der Waals surface area contributed by atoms with Crippen LogP contribution in [0.15, 0.2) is 47.4 Å². The average molecular weight is 358 g/mol. The highest BCUT2D eigenvalue weighted by molar-refractivity contribution is 7.90. The van der Waals surface area contributed by atoms with Crippen molar-refractivity contribution in [2.75, 3.05) is 18.2 Å². The van der Waals surface area contributed by atoms with Crippen LogP contribution in [0.1, 0.15) is 0 Å². The molecule has 0 aromatic heterocycles. The van der Waals surface area contributed by atoms with Gasteiger partial charge in [0.15, 0.2) is 16.4 Å². The fourth-order valence-corrected chi connectivity index (χ4v) is 2.81. The summed E-state index contributed by atoms with van der Waals surface area (Å²) in [5, 5.41) is 2.34. The summed E-state index contributed by atoms with van der Waals surface area (Å²) >= 11 is 5.61. The highest BCUT2D eigenvalue weighted by Gasteiger charge is 2.14. The van der Waals surface area contributed by atoms with Crippen molar-refractivity contribution in [1.82, 2.24) is 0 Å². The Kier molecular flexibility index (Phi) is 5.23. The van der Waals surface area contributed by atoms with Gasteiger partial charge in [-0.3, -0.25) is 4.79 Å². The largest absolute Gasteiger partial charge is 0.484 e. The molecule has 1 amide bonds. The maximum Gasteiger partial charge on any atom is 0.262 e. The Morgan fingerprint density at radius 1 is 1.26 bits per heavy atom. The van der Waals surface area contributed by atoms with Gasteiger partial charge in [0.05, 0.1) is 15.6 Å². The number of halogens is 2. The molecule has 0 unspecified atom stereocenters. The van der Waals surface area contributed by atoms with Crippen LogP contribution in [-0.4, -0.2) is 27.2 Å². The Labute approximate surface area is 138 Å². The molecule has 2 aromatic rings. The second kappa shape index (κ2) is 6.97. The fourth-order valence-electron chi connectivity index (χ4n) is 1.80. The molecule has 122 valence electrons. The predicted octanol–water partition coefficient (Wildman–Crippen LogP) is 2.90. The first-order valence-electron chi connectivity index (χ1n) is 6.44. The number of amides is 1. The van der Waals surface area contributed by atoms with Crippen molar-refractivity contribution in [3.63, 3.8) is 0 Å². The number of carbonyl (C=O) groups is 1. The molecule has 1 N–H and O–H groups in total. The molecule has 0 spiro atoms. The van der Waals surface area contributed by atoms with Gasteiger partial charge in [0.25, 0.3) is 5.91 Å². The van der Waals surface area contributed by atoms with Crippen LogP contribution in [-0.2, 0) is 14.6 Å². The molecule has 0 bridgehead atoms. The minimum atomic E-state index is -3.47. The molecule has 0 radical (unpaired) electrons. The number of para-hydroxylation sites is 1. The number of carbonyl (C=O) groups excluding carboxylic acids is 1. The van der Waals surface area contributed by atoms with E-state index in [1.165, 1.54) is 24.3 Å². The molecule has 0 saturated heterocycles. The maximum absolute atomic E-state index is 13.0. The topological polar surface area (TPSA) is 72.5 Å². The predicted molar refractivity (Wildman–Crippen MR) is 85.1 cm³/mol. The molecule has 2 rings (SSSR count). The van der Waals surface area contributed by atoms with Crippen molar-refractivity contribution < 1.29 is 22.3 Å². The van der Waals surface area contributed by atoms with Crippen LogP contribution in [0.2, 0.25) is 5.02 Å². The van der Waals surface area contributed by atoms with Crippen molar-refractivity contribution >= 4 is 33.0 Å². The van der Waals surface area contributed by atoms with E-state index in [4.69, 9.17) is 16.3 Å². The Bertz CT molecular complexity index is 839. The van der Waals surface area contributed by atoms with E-state index in [1.54, 1.807) is 12.1 Å². The molecular formula is C15H13ClFNO4S. The van der Waals surface area contributed by atoms with Crippen LogP contribution in [0.4, 0.5) is 10.1 Å². The monoisotopic (exact) mass is 357 g/mol. The first-order chi connectivity index (χ1) is 10.8. The molecular weight excluding hydrogens is 345 g/mol. The normalized spacial score (nSPS) is 11.1. The van der Waals surface area contributed by atoms with Crippen LogP contribution in [0.3, 0.4) is 0 Å². The van der Waals surface area contributed by atoms with Crippen LogP contribution < -0.4 is 10.1 Å². The Balaban J connectivity index is 2.04. The molecule has 5 nitrogen and oxygen atoms in total. The van der Waals surface area contributed by atoms with Crippen molar-refractivity contribution in [3.8, 4) is 5.75 Å². The van der Waals surface area contributed by atoms with Gasteiger partial charge in [0.1, 0.15) is 11.6 Å². The fraction of sp³-hybridized carbons (Fsp3) is 0.133. The van der Waals surface area contributed by atoms with Gasteiger partial charge >= 0.3 is 0 Å². The van der Waals surface area contributed by atoms with E-state index in [2.05, 4.69) is 5.32 Å². The van der Waals surface area contributed by atoms with E-state index in [0.717, 1.165) is 12.3 Å². The average Bonchev–Trinajstić information content (AvgIpc) is 2.48. The third kappa shape index (κ3) is 4.67. The smallest absolute Gasteiger partial charge is 0.262 e. The second-order valence-corrected chi connectivity index (χ2v) is 7.07. The zero-order valence-corrected chi connectivity index (χ0v) is 13.6. The van der Waals surface area contributed by atoms with E-state index in [-0.39, 0.29) is 28.0 Å². The zero-order chi connectivity index (χ0) is 17.0. The number of sulfone groups is 1. The summed E-state index contributed by atoms with van der Waals surface area (Å²) in [5.41, 5.74) is 0.167. The summed E-state index contributed by atoms with van der Waals surface area (Å²) in [4.78, 5) is 11.9. The Hall–Kier alpha value is -2.12. The minimum absolute atomic E-state index is 0.0122. The molecule has 0 fully saturated rings. The van der Waals surface area contributed by atoms with Gasteiger partial charge in [-0.2, -0.15) is 0 Å². The third-order valence-electron chi connectivity index (χ3n) is 2.82. The van der Waals surface area contributed by atoms with Gasteiger partial charge in [-0.25, -0.2) is 12.8 Å². The summed E-state index contributed by atoms with van der Waals surface area (Å²) in [5.74, 6) is -0.921. The van der Waals surface area contributed by atoms with E-state index in [9.17, 15) is 17.6 Å². The van der Waals surface area contributed by atoms with Crippen LogP contribution in [0.25, 0.3) is 0 Å². The summed E-state index contributed by atoms with van der Waals surface area (Å²) in [6.45, 7) is -0.375. The minimum Gasteiger partial charge on any atom is -0.484 e. The number of hydrogen-bond acceptors (Lipinski definition) is 4. The van der Waals surface area contributed by atoms with Crippen molar-refractivity contribution in [2.24, 2.45) is 0 Å². The summed E-state index contributed by atoms with van der Waals surface area (Å²) in [7, 11) is -3.47. The van der Waals surface area contributed by atoms with E-state index < -0.39 is 21.6 Å². The Morgan fingerprint density at radius 3 is 2.61 bits per heavy atom. The number of hydrogen-bond donors (Lipinski definition) is 1. The van der Waals surface area contributed by atoms with Crippen LogP contribution in [0.5, 0.6) is 5.75 Å². The SMILES string of the molecule is CS(=O)(=O)c1ccccc1NC(=O)COc1ccc(F)c(Cl)c1. The van der Waals surface area contributed by atoms with Gasteiger partial charge < -0.3 is 10.1 Å². The number of nitrogens with one attached hydrogen (secondary N) is 1. The number of ether oxygens (including phenoxy) is 1. The van der Waals surface area contributed by atoms with Crippen molar-refractivity contribution in [1.29, 1.82) is 0 Å². The molecule has 23 heavy (non-hydrogen) atoms. The van der Waals surface area contributed by atoms with Crippen LogP contribution >= 0.6 is 11.6 Å². The quantitative estimate of drug-likeness (QED) is 0.893. The molecule has 8 heteroatoms. The van der Waals surface area contributed by atoms with Gasteiger partial charge in [-0.05, 0) is 24.3 Å². The van der Waals surface area contributed by atoms with Gasteiger partial charge in [0.2, 0.25) is 0 Å². The molecule has 0 aliphatic heterocycles. The molecule has 0 atom stereocenters. The third-order valence-corrected chi connectivity index (χ3v) is 4.27. The highest BCUT2D eigenvalue weighted by Crippen LogP contribution is 2.22. The number of anilines is 1. The standard InChI is InChI=1S/C15H13ClFNO4S/c1-23(20,21)14-5-3-2-4-13(14)18-15(19)9-22-10-6-7-12(17)11(16)8-10/h2-8H,9H2,1H3,(H,18,19). The number of benzene rings is 2. The van der Waals surface area contributed by atoms with Crippen LogP contribution in [0, 0.1) is 5.82 Å². The first-order valence-corrected chi connectivity index (χ1v) is 8.71. The maximum atomic E-state index is 13.0. The lowest BCUT2D eigenvalue weighted by Gasteiger charge is -2.10. The summed E-state index contributed by atoms with van der Waals surface area (Å²) in [6.07, 6.45) is 1.05. The Morgan fingerprint density at radius 2 is 1.96 bits per heavy atom. The van der Waals surface area contributed by atoms with Crippen molar-refractivity contribution in [3.05, 3.63) is 53.3 Å². The lowest BCUT2D eigenvalue weighted by molar-refractivity contribution is -0.118. The molecule has 0 aliphatic carbocycles. The zero-order valence-electron chi connectivity index (χ0n) is 12.0. The van der Waals surface area contributed by atoms with E-state index in [0.29, 0.717) is 0 Å². The van der Waals surface area contributed by atoms with E-state index in [1.807, 2.05) is 0 Å². The lowest BCUT2D eigenvalue weighted by Crippen LogP contribution is -2.21. The molecule has 0 heterocycles.